The largest absolute Gasteiger partial charge is 0.379 e. The Morgan fingerprint density at radius 1 is 1.17 bits per heavy atom. The number of H-pyrrole nitrogens is 1. The van der Waals surface area contributed by atoms with E-state index in [1.54, 1.807) is 6.20 Å². The molecule has 0 unspecified atom stereocenters. The van der Waals surface area contributed by atoms with Crippen molar-refractivity contribution in [1.82, 2.24) is 14.9 Å². The van der Waals surface area contributed by atoms with E-state index in [0.717, 1.165) is 54.9 Å². The molecule has 2 aromatic heterocycles. The molecule has 0 spiro atoms. The monoisotopic (exact) mass is 318 g/mol. The van der Waals surface area contributed by atoms with Gasteiger partial charge in [0.15, 0.2) is 0 Å². The van der Waals surface area contributed by atoms with Crippen molar-refractivity contribution in [2.75, 3.05) is 26.3 Å². The average molecular weight is 318 g/mol. The van der Waals surface area contributed by atoms with Gasteiger partial charge in [0.1, 0.15) is 6.07 Å². The third kappa shape index (κ3) is 2.90. The summed E-state index contributed by atoms with van der Waals surface area (Å²) in [6.45, 7) is 4.44. The van der Waals surface area contributed by atoms with Gasteiger partial charge in [0.25, 0.3) is 0 Å². The van der Waals surface area contributed by atoms with Crippen molar-refractivity contribution in [1.29, 1.82) is 5.26 Å². The maximum absolute atomic E-state index is 9.11. The SMILES string of the molecule is N#Cc1c[nH]c2cc(-c3cncc(CN4CCOCC4)c3)ccc12. The van der Waals surface area contributed by atoms with Crippen molar-refractivity contribution >= 4 is 10.9 Å². The zero-order chi connectivity index (χ0) is 16.4. The highest BCUT2D eigenvalue weighted by molar-refractivity contribution is 5.89. The Morgan fingerprint density at radius 3 is 2.88 bits per heavy atom. The standard InChI is InChI=1S/C19H18N4O/c20-9-17-12-22-19-8-15(1-2-18(17)19)16-7-14(10-21-11-16)13-23-3-5-24-6-4-23/h1-2,7-8,10-12,22H,3-6,13H2. The summed E-state index contributed by atoms with van der Waals surface area (Å²) in [6, 6.07) is 10.5. The summed E-state index contributed by atoms with van der Waals surface area (Å²) in [5.74, 6) is 0. The summed E-state index contributed by atoms with van der Waals surface area (Å²) in [7, 11) is 0. The van der Waals surface area contributed by atoms with Crippen LogP contribution in [0.5, 0.6) is 0 Å². The number of benzene rings is 1. The summed E-state index contributed by atoms with van der Waals surface area (Å²) >= 11 is 0. The first kappa shape index (κ1) is 14.9. The first-order chi connectivity index (χ1) is 11.8. The average Bonchev–Trinajstić information content (AvgIpc) is 3.05. The molecule has 0 radical (unpaired) electrons. The van der Waals surface area contributed by atoms with Crippen LogP contribution >= 0.6 is 0 Å². The molecule has 5 heteroatoms. The number of nitrogens with one attached hydrogen (secondary N) is 1. The van der Waals surface area contributed by atoms with Gasteiger partial charge in [0, 0.05) is 54.7 Å². The summed E-state index contributed by atoms with van der Waals surface area (Å²) in [4.78, 5) is 9.96. The van der Waals surface area contributed by atoms with E-state index in [1.165, 1.54) is 5.56 Å². The van der Waals surface area contributed by atoms with E-state index >= 15 is 0 Å². The van der Waals surface area contributed by atoms with Crippen LogP contribution in [0, 0.1) is 11.3 Å². The molecule has 0 bridgehead atoms. The minimum absolute atomic E-state index is 0.677. The highest BCUT2D eigenvalue weighted by Gasteiger charge is 2.12. The van der Waals surface area contributed by atoms with E-state index in [4.69, 9.17) is 10.00 Å². The van der Waals surface area contributed by atoms with Gasteiger partial charge in [0.05, 0.1) is 18.8 Å². The highest BCUT2D eigenvalue weighted by atomic mass is 16.5. The van der Waals surface area contributed by atoms with Crippen LogP contribution in [0.25, 0.3) is 22.0 Å². The number of aromatic amines is 1. The number of pyridine rings is 1. The maximum atomic E-state index is 9.11. The topological polar surface area (TPSA) is 64.9 Å². The Labute approximate surface area is 140 Å². The first-order valence-corrected chi connectivity index (χ1v) is 8.09. The van der Waals surface area contributed by atoms with Gasteiger partial charge >= 0.3 is 0 Å². The smallest absolute Gasteiger partial charge is 0.101 e. The second kappa shape index (κ2) is 6.44. The molecule has 0 amide bonds. The number of morpholine rings is 1. The lowest BCUT2D eigenvalue weighted by Gasteiger charge is -2.26. The number of rotatable bonds is 3. The number of hydrogen-bond donors (Lipinski definition) is 1. The molecule has 1 aliphatic rings. The minimum atomic E-state index is 0.677. The molecular formula is C19H18N4O. The van der Waals surface area contributed by atoms with Gasteiger partial charge in [-0.3, -0.25) is 9.88 Å². The number of aromatic nitrogens is 2. The van der Waals surface area contributed by atoms with Gasteiger partial charge < -0.3 is 9.72 Å². The van der Waals surface area contributed by atoms with Gasteiger partial charge in [0.2, 0.25) is 0 Å². The second-order valence-electron chi connectivity index (χ2n) is 6.04. The number of ether oxygens (including phenoxy) is 1. The normalized spacial score (nSPS) is 15.5. The Hall–Kier alpha value is -2.68. The van der Waals surface area contributed by atoms with Crippen LogP contribution in [0.2, 0.25) is 0 Å². The Kier molecular flexibility index (Phi) is 3.99. The molecule has 0 atom stereocenters. The fraction of sp³-hybridized carbons (Fsp3) is 0.263. The fourth-order valence-electron chi connectivity index (χ4n) is 3.15. The van der Waals surface area contributed by atoms with Gasteiger partial charge in [-0.05, 0) is 23.3 Å². The summed E-state index contributed by atoms with van der Waals surface area (Å²) in [5.41, 5.74) is 5.05. The molecule has 3 heterocycles. The van der Waals surface area contributed by atoms with Gasteiger partial charge in [-0.2, -0.15) is 5.26 Å². The van der Waals surface area contributed by atoms with Crippen molar-refractivity contribution in [2.45, 2.75) is 6.54 Å². The van der Waals surface area contributed by atoms with E-state index in [2.05, 4.69) is 33.1 Å². The second-order valence-corrected chi connectivity index (χ2v) is 6.04. The van der Waals surface area contributed by atoms with Crippen LogP contribution in [0.1, 0.15) is 11.1 Å². The number of nitrogens with zero attached hydrogens (tertiary/aromatic N) is 3. The number of fused-ring (bicyclic) bond motifs is 1. The van der Waals surface area contributed by atoms with Crippen LogP contribution in [0.3, 0.4) is 0 Å². The molecule has 0 aliphatic carbocycles. The Balaban J connectivity index is 1.62. The molecule has 1 fully saturated rings. The predicted octanol–water partition coefficient (Wildman–Crippen LogP) is 2.93. The zero-order valence-corrected chi connectivity index (χ0v) is 13.3. The van der Waals surface area contributed by atoms with Gasteiger partial charge in [-0.25, -0.2) is 0 Å². The molecule has 24 heavy (non-hydrogen) atoms. The first-order valence-electron chi connectivity index (χ1n) is 8.09. The molecule has 1 aromatic carbocycles. The van der Waals surface area contributed by atoms with Crippen LogP contribution in [-0.4, -0.2) is 41.2 Å². The van der Waals surface area contributed by atoms with Gasteiger partial charge in [-0.15, -0.1) is 0 Å². The maximum Gasteiger partial charge on any atom is 0.101 e. The third-order valence-corrected chi connectivity index (χ3v) is 4.44. The van der Waals surface area contributed by atoms with Crippen molar-refractivity contribution in [3.05, 3.63) is 54.0 Å². The van der Waals surface area contributed by atoms with Crippen LogP contribution in [-0.2, 0) is 11.3 Å². The minimum Gasteiger partial charge on any atom is -0.379 e. The van der Waals surface area contributed by atoms with Crippen LogP contribution in [0.15, 0.2) is 42.9 Å². The summed E-state index contributed by atoms with van der Waals surface area (Å²) in [5, 5.41) is 10.1. The lowest BCUT2D eigenvalue weighted by molar-refractivity contribution is 0.0341. The van der Waals surface area contributed by atoms with Crippen molar-refractivity contribution < 1.29 is 4.74 Å². The fourth-order valence-corrected chi connectivity index (χ4v) is 3.15. The highest BCUT2D eigenvalue weighted by Crippen LogP contribution is 2.26. The molecule has 3 aromatic rings. The zero-order valence-electron chi connectivity index (χ0n) is 13.3. The molecule has 5 nitrogen and oxygen atoms in total. The molecule has 1 aliphatic heterocycles. The molecule has 4 rings (SSSR count). The predicted molar refractivity (Wildman–Crippen MR) is 92.3 cm³/mol. The van der Waals surface area contributed by atoms with E-state index in [9.17, 15) is 0 Å². The van der Waals surface area contributed by atoms with Crippen molar-refractivity contribution in [3.8, 4) is 17.2 Å². The van der Waals surface area contributed by atoms with Crippen LogP contribution < -0.4 is 0 Å². The molecular weight excluding hydrogens is 300 g/mol. The van der Waals surface area contributed by atoms with Crippen molar-refractivity contribution in [2.24, 2.45) is 0 Å². The van der Waals surface area contributed by atoms with E-state index in [-0.39, 0.29) is 0 Å². The number of nitriles is 1. The summed E-state index contributed by atoms with van der Waals surface area (Å²) in [6.07, 6.45) is 5.57. The quantitative estimate of drug-likeness (QED) is 0.806. The third-order valence-electron chi connectivity index (χ3n) is 4.44. The molecule has 120 valence electrons. The summed E-state index contributed by atoms with van der Waals surface area (Å²) < 4.78 is 5.40. The van der Waals surface area contributed by atoms with E-state index < -0.39 is 0 Å². The lowest BCUT2D eigenvalue weighted by Crippen LogP contribution is -2.35. The van der Waals surface area contributed by atoms with Crippen LogP contribution in [0.4, 0.5) is 0 Å². The molecule has 1 saturated heterocycles. The number of hydrogen-bond acceptors (Lipinski definition) is 4. The van der Waals surface area contributed by atoms with Crippen molar-refractivity contribution in [3.63, 3.8) is 0 Å². The van der Waals surface area contributed by atoms with Gasteiger partial charge in [-0.1, -0.05) is 12.1 Å². The van der Waals surface area contributed by atoms with E-state index in [0.29, 0.717) is 5.56 Å². The Bertz CT molecular complexity index is 903. The lowest BCUT2D eigenvalue weighted by atomic mass is 10.0. The van der Waals surface area contributed by atoms with E-state index in [1.807, 2.05) is 24.5 Å². The molecule has 1 N–H and O–H groups in total. The Morgan fingerprint density at radius 2 is 2.04 bits per heavy atom. The molecule has 0 saturated carbocycles.